The predicted octanol–water partition coefficient (Wildman–Crippen LogP) is 3.57. The Kier molecular flexibility index (Phi) is 7.93. The van der Waals surface area contributed by atoms with Crippen LogP contribution in [-0.2, 0) is 25.9 Å². The summed E-state index contributed by atoms with van der Waals surface area (Å²) in [6.07, 6.45) is 3.15. The van der Waals surface area contributed by atoms with Crippen LogP contribution in [0.15, 0.2) is 42.5 Å². The maximum absolute atomic E-state index is 12.7. The molecule has 4 aliphatic heterocycles. The molecule has 7 rings (SSSR count). The summed E-state index contributed by atoms with van der Waals surface area (Å²) < 4.78 is 14.4. The molecule has 4 saturated heterocycles. The van der Waals surface area contributed by atoms with Gasteiger partial charge in [-0.05, 0) is 77.5 Å². The molecule has 0 bridgehead atoms. The average molecular weight is 627 g/mol. The summed E-state index contributed by atoms with van der Waals surface area (Å²) in [5, 5.41) is 8.31. The Morgan fingerprint density at radius 3 is 2.24 bits per heavy atom. The van der Waals surface area contributed by atoms with Crippen molar-refractivity contribution in [3.8, 4) is 0 Å². The summed E-state index contributed by atoms with van der Waals surface area (Å²) in [5.74, 6) is -0.840. The van der Waals surface area contributed by atoms with E-state index in [-0.39, 0.29) is 30.1 Å². The number of hydrogen-bond acceptors (Lipinski definition) is 8. The molecule has 2 atom stereocenters. The van der Waals surface area contributed by atoms with Crippen molar-refractivity contribution in [3.05, 3.63) is 48.2 Å². The molecule has 0 radical (unpaired) electrons. The van der Waals surface area contributed by atoms with Gasteiger partial charge in [0.15, 0.2) is 0 Å². The Bertz CT molecular complexity index is 1610. The SMILES string of the molecule is C[C@H]1CN(c2cccc3c(C4CCC(=O)NC4=O)nn(C)c23)CCN1C1CCN(c2ccc(B3OC(C)(C)C(C)(C)O3)cc2)CC1. The molecule has 0 saturated carbocycles. The fourth-order valence-electron chi connectivity index (χ4n) is 7.82. The molecule has 0 spiro atoms. The zero-order valence-electron chi connectivity index (χ0n) is 28.1. The van der Waals surface area contributed by atoms with Crippen LogP contribution in [0.4, 0.5) is 11.4 Å². The summed E-state index contributed by atoms with van der Waals surface area (Å²) >= 11 is 0. The molecule has 1 aromatic heterocycles. The van der Waals surface area contributed by atoms with Gasteiger partial charge in [-0.25, -0.2) is 0 Å². The van der Waals surface area contributed by atoms with Gasteiger partial charge in [0.05, 0.1) is 34.0 Å². The number of piperidine rings is 2. The van der Waals surface area contributed by atoms with E-state index in [1.165, 1.54) is 5.69 Å². The lowest BCUT2D eigenvalue weighted by Crippen LogP contribution is -2.57. The number of nitrogens with zero attached hydrogens (tertiary/aromatic N) is 5. The number of piperazine rings is 1. The van der Waals surface area contributed by atoms with Crippen LogP contribution in [-0.4, -0.2) is 89.6 Å². The average Bonchev–Trinajstić information content (AvgIpc) is 3.48. The topological polar surface area (TPSA) is 92.2 Å². The quantitative estimate of drug-likeness (QED) is 0.340. The van der Waals surface area contributed by atoms with Crippen LogP contribution in [0, 0.1) is 0 Å². The van der Waals surface area contributed by atoms with Gasteiger partial charge >= 0.3 is 7.12 Å². The number of fused-ring (bicyclic) bond motifs is 1. The summed E-state index contributed by atoms with van der Waals surface area (Å²) in [6, 6.07) is 16.0. The number of hydrogen-bond donors (Lipinski definition) is 1. The third-order valence-electron chi connectivity index (χ3n) is 11.2. The molecule has 1 unspecified atom stereocenters. The highest BCUT2D eigenvalue weighted by Crippen LogP contribution is 2.38. The predicted molar refractivity (Wildman–Crippen MR) is 182 cm³/mol. The van der Waals surface area contributed by atoms with Crippen LogP contribution in [0.25, 0.3) is 10.9 Å². The largest absolute Gasteiger partial charge is 0.494 e. The van der Waals surface area contributed by atoms with Gasteiger partial charge in [0, 0.05) is 69.3 Å². The van der Waals surface area contributed by atoms with Gasteiger partial charge in [0.25, 0.3) is 0 Å². The number of carbonyl (C=O) groups excluding carboxylic acids is 2. The summed E-state index contributed by atoms with van der Waals surface area (Å²) in [6.45, 7) is 15.7. The second kappa shape index (κ2) is 11.7. The van der Waals surface area contributed by atoms with Crippen molar-refractivity contribution in [1.82, 2.24) is 20.0 Å². The van der Waals surface area contributed by atoms with Crippen LogP contribution in [0.2, 0.25) is 0 Å². The third-order valence-corrected chi connectivity index (χ3v) is 11.2. The molecule has 3 aromatic rings. The normalized spacial score (nSPS) is 25.8. The zero-order chi connectivity index (χ0) is 32.4. The second-order valence-electron chi connectivity index (χ2n) is 14.6. The number of aromatic nitrogens is 2. The van der Waals surface area contributed by atoms with Crippen LogP contribution >= 0.6 is 0 Å². The van der Waals surface area contributed by atoms with Crippen molar-refractivity contribution in [2.24, 2.45) is 7.05 Å². The van der Waals surface area contributed by atoms with Gasteiger partial charge in [-0.1, -0.05) is 24.3 Å². The summed E-state index contributed by atoms with van der Waals surface area (Å²) in [5.41, 5.74) is 4.64. The standard InChI is InChI=1S/C35H47BN6O4/c1-23-22-41(29-9-7-8-27-31(38-39(6)32(27)29)28-14-15-30(43)37-33(28)44)20-21-42(23)26-16-18-40(19-17-26)25-12-10-24(11-13-25)36-45-34(2,3)35(4,5)46-36/h7-13,23,26,28H,14-22H2,1-6H3,(H,37,43,44)/t23-,28?/m0/s1. The fraction of sp³-hybridized carbons (Fsp3) is 0.571. The number of para-hydroxylation sites is 1. The summed E-state index contributed by atoms with van der Waals surface area (Å²) in [4.78, 5) is 32.1. The van der Waals surface area contributed by atoms with E-state index in [1.54, 1.807) is 0 Å². The third kappa shape index (κ3) is 5.50. The fourth-order valence-corrected chi connectivity index (χ4v) is 7.82. The second-order valence-corrected chi connectivity index (χ2v) is 14.6. The van der Waals surface area contributed by atoms with E-state index in [1.807, 2.05) is 11.7 Å². The van der Waals surface area contributed by atoms with Crippen LogP contribution in [0.5, 0.6) is 0 Å². The number of anilines is 2. The van der Waals surface area contributed by atoms with Crippen LogP contribution in [0.1, 0.15) is 71.9 Å². The highest BCUT2D eigenvalue weighted by molar-refractivity contribution is 6.62. The number of carbonyl (C=O) groups is 2. The molecule has 2 amide bonds. The van der Waals surface area contributed by atoms with Gasteiger partial charge in [-0.15, -0.1) is 0 Å². The highest BCUT2D eigenvalue weighted by atomic mass is 16.7. The van der Waals surface area contributed by atoms with E-state index in [0.717, 1.165) is 73.3 Å². The van der Waals surface area contributed by atoms with E-state index >= 15 is 0 Å². The van der Waals surface area contributed by atoms with Crippen molar-refractivity contribution < 1.29 is 18.9 Å². The van der Waals surface area contributed by atoms with Gasteiger partial charge in [0.1, 0.15) is 0 Å². The zero-order valence-corrected chi connectivity index (χ0v) is 28.1. The maximum Gasteiger partial charge on any atom is 0.494 e. The molecule has 4 fully saturated rings. The minimum atomic E-state index is -0.397. The Morgan fingerprint density at radius 1 is 0.891 bits per heavy atom. The van der Waals surface area contributed by atoms with Crippen molar-refractivity contribution in [2.45, 2.75) is 89.5 Å². The van der Waals surface area contributed by atoms with E-state index in [2.05, 4.69) is 97.1 Å². The molecule has 5 heterocycles. The smallest absolute Gasteiger partial charge is 0.399 e. The van der Waals surface area contributed by atoms with Crippen LogP contribution in [0.3, 0.4) is 0 Å². The van der Waals surface area contributed by atoms with Gasteiger partial charge in [0.2, 0.25) is 11.8 Å². The molecule has 10 nitrogen and oxygen atoms in total. The monoisotopic (exact) mass is 626 g/mol. The van der Waals surface area contributed by atoms with E-state index in [0.29, 0.717) is 24.9 Å². The Labute approximate surface area is 272 Å². The molecule has 11 heteroatoms. The highest BCUT2D eigenvalue weighted by Gasteiger charge is 2.51. The minimum absolute atomic E-state index is 0.201. The van der Waals surface area contributed by atoms with Crippen molar-refractivity contribution in [3.63, 3.8) is 0 Å². The van der Waals surface area contributed by atoms with Crippen molar-refractivity contribution in [1.29, 1.82) is 0 Å². The minimum Gasteiger partial charge on any atom is -0.399 e. The maximum atomic E-state index is 12.7. The lowest BCUT2D eigenvalue weighted by molar-refractivity contribution is -0.134. The van der Waals surface area contributed by atoms with Crippen LogP contribution < -0.4 is 20.6 Å². The van der Waals surface area contributed by atoms with Gasteiger partial charge < -0.3 is 19.1 Å². The first kappa shape index (κ1) is 31.2. The van der Waals surface area contributed by atoms with Crippen molar-refractivity contribution in [2.75, 3.05) is 42.5 Å². The molecule has 4 aliphatic rings. The molecule has 0 aliphatic carbocycles. The molecule has 244 valence electrons. The molecular weight excluding hydrogens is 579 g/mol. The Hall–Kier alpha value is -3.41. The molecule has 2 aromatic carbocycles. The molecular formula is C35H47BN6O4. The lowest BCUT2D eigenvalue weighted by atomic mass is 9.79. The van der Waals surface area contributed by atoms with Gasteiger partial charge in [-0.2, -0.15) is 5.10 Å². The lowest BCUT2D eigenvalue weighted by Gasteiger charge is -2.47. The van der Waals surface area contributed by atoms with E-state index in [4.69, 9.17) is 14.4 Å². The first-order chi connectivity index (χ1) is 21.9. The Balaban J connectivity index is 0.976. The van der Waals surface area contributed by atoms with Gasteiger partial charge in [-0.3, -0.25) is 24.5 Å². The molecule has 46 heavy (non-hydrogen) atoms. The number of imide groups is 1. The summed E-state index contributed by atoms with van der Waals surface area (Å²) in [7, 11) is 1.63. The first-order valence-corrected chi connectivity index (χ1v) is 16.9. The van der Waals surface area contributed by atoms with Crippen molar-refractivity contribution >= 4 is 46.7 Å². The number of aryl methyl sites for hydroxylation is 1. The first-order valence-electron chi connectivity index (χ1n) is 16.9. The number of amides is 2. The number of rotatable bonds is 5. The van der Waals surface area contributed by atoms with E-state index in [9.17, 15) is 9.59 Å². The molecule has 1 N–H and O–H groups in total. The van der Waals surface area contributed by atoms with E-state index < -0.39 is 5.92 Å². The number of benzene rings is 2. The Morgan fingerprint density at radius 2 is 1.59 bits per heavy atom. The number of nitrogens with one attached hydrogen (secondary N) is 1.